The summed E-state index contributed by atoms with van der Waals surface area (Å²) in [6.45, 7) is 3.51. The van der Waals surface area contributed by atoms with E-state index in [9.17, 15) is 0 Å². The highest BCUT2D eigenvalue weighted by Gasteiger charge is 1.95. The predicted octanol–water partition coefficient (Wildman–Crippen LogP) is 0.297. The Morgan fingerprint density at radius 1 is 1.18 bits per heavy atom. The first-order valence-electron chi connectivity index (χ1n) is 3.09. The van der Waals surface area contributed by atoms with E-state index in [1.54, 1.807) is 13.8 Å². The van der Waals surface area contributed by atoms with Gasteiger partial charge in [-0.05, 0) is 13.8 Å². The molecule has 0 saturated heterocycles. The van der Waals surface area contributed by atoms with Gasteiger partial charge < -0.3 is 5.21 Å². The van der Waals surface area contributed by atoms with E-state index in [-0.39, 0.29) is 0 Å². The van der Waals surface area contributed by atoms with Crippen LogP contribution in [0.15, 0.2) is 5.16 Å². The minimum Gasteiger partial charge on any atom is -0.411 e. The highest BCUT2D eigenvalue weighted by atomic mass is 16.4. The van der Waals surface area contributed by atoms with E-state index in [0.29, 0.717) is 17.5 Å². The molecular formula is C6H8N4O. The quantitative estimate of drug-likeness (QED) is 0.357. The van der Waals surface area contributed by atoms with Gasteiger partial charge in [0.1, 0.15) is 17.9 Å². The first-order valence-corrected chi connectivity index (χ1v) is 3.09. The van der Waals surface area contributed by atoms with Crippen LogP contribution in [-0.4, -0.2) is 26.4 Å². The fraction of sp³-hybridized carbons (Fsp3) is 0.333. The lowest BCUT2D eigenvalue weighted by molar-refractivity contribution is 0.321. The van der Waals surface area contributed by atoms with Crippen LogP contribution in [0.5, 0.6) is 0 Å². The zero-order chi connectivity index (χ0) is 8.27. The number of hydrogen-bond donors (Lipinski definition) is 1. The van der Waals surface area contributed by atoms with Gasteiger partial charge in [-0.25, -0.2) is 15.0 Å². The molecule has 0 bridgehead atoms. The molecule has 0 aliphatic carbocycles. The van der Waals surface area contributed by atoms with Crippen LogP contribution < -0.4 is 0 Å². The molecule has 0 radical (unpaired) electrons. The van der Waals surface area contributed by atoms with Crippen LogP contribution in [0.3, 0.4) is 0 Å². The molecule has 0 saturated carbocycles. The average Bonchev–Trinajstić information content (AvgIpc) is 1.85. The van der Waals surface area contributed by atoms with E-state index in [2.05, 4.69) is 20.1 Å². The summed E-state index contributed by atoms with van der Waals surface area (Å²) >= 11 is 0. The third-order valence-electron chi connectivity index (χ3n) is 1.05. The van der Waals surface area contributed by atoms with Crippen molar-refractivity contribution in [2.45, 2.75) is 13.8 Å². The van der Waals surface area contributed by atoms with Crippen molar-refractivity contribution in [2.75, 3.05) is 0 Å². The number of aromatic nitrogens is 3. The summed E-state index contributed by atoms with van der Waals surface area (Å²) in [6.07, 6.45) is 1.17. The lowest BCUT2D eigenvalue weighted by Gasteiger charge is -1.94. The Bertz CT molecular complexity index is 264. The van der Waals surface area contributed by atoms with Crippen LogP contribution in [0.1, 0.15) is 17.5 Å². The highest BCUT2D eigenvalue weighted by Crippen LogP contribution is 1.90. The molecular weight excluding hydrogens is 144 g/mol. The number of oxime groups is 1. The predicted molar refractivity (Wildman–Crippen MR) is 38.7 cm³/mol. The monoisotopic (exact) mass is 152 g/mol. The van der Waals surface area contributed by atoms with Gasteiger partial charge in [0.2, 0.25) is 0 Å². The smallest absolute Gasteiger partial charge is 0.177 e. The van der Waals surface area contributed by atoms with E-state index in [1.807, 2.05) is 0 Å². The molecule has 0 amide bonds. The summed E-state index contributed by atoms with van der Waals surface area (Å²) in [4.78, 5) is 11.7. The van der Waals surface area contributed by atoms with Crippen molar-refractivity contribution < 1.29 is 5.21 Å². The average molecular weight is 152 g/mol. The van der Waals surface area contributed by atoms with Gasteiger partial charge in [-0.3, -0.25) is 0 Å². The molecule has 0 aliphatic rings. The maximum absolute atomic E-state index is 8.17. The summed E-state index contributed by atoms with van der Waals surface area (Å²) in [5.74, 6) is 1.61. The van der Waals surface area contributed by atoms with Crippen LogP contribution in [-0.2, 0) is 0 Å². The van der Waals surface area contributed by atoms with Crippen molar-refractivity contribution in [1.82, 2.24) is 15.0 Å². The largest absolute Gasteiger partial charge is 0.411 e. The minimum atomic E-state index is 0.373. The van der Waals surface area contributed by atoms with Crippen LogP contribution in [0.2, 0.25) is 0 Å². The van der Waals surface area contributed by atoms with E-state index in [1.165, 1.54) is 6.21 Å². The third-order valence-corrected chi connectivity index (χ3v) is 1.05. The van der Waals surface area contributed by atoms with Crippen LogP contribution in [0, 0.1) is 13.8 Å². The standard InChI is InChI=1S/C6H8N4O/c1-4-8-5(2)10-6(9-4)3-7-11/h3,11H,1-2H3. The third kappa shape index (κ3) is 1.96. The summed E-state index contributed by atoms with van der Waals surface area (Å²) in [6, 6.07) is 0. The molecule has 1 rings (SSSR count). The van der Waals surface area contributed by atoms with Crippen LogP contribution >= 0.6 is 0 Å². The zero-order valence-corrected chi connectivity index (χ0v) is 6.31. The molecule has 0 atom stereocenters. The van der Waals surface area contributed by atoms with Gasteiger partial charge in [0.15, 0.2) is 5.82 Å². The lowest BCUT2D eigenvalue weighted by Crippen LogP contribution is -2.01. The zero-order valence-electron chi connectivity index (χ0n) is 6.31. The Morgan fingerprint density at radius 2 is 1.73 bits per heavy atom. The molecule has 5 nitrogen and oxygen atoms in total. The fourth-order valence-corrected chi connectivity index (χ4v) is 0.750. The second-order valence-electron chi connectivity index (χ2n) is 2.03. The normalized spacial score (nSPS) is 10.7. The molecule has 0 fully saturated rings. The molecule has 0 aromatic carbocycles. The Morgan fingerprint density at radius 3 is 2.18 bits per heavy atom. The molecule has 58 valence electrons. The lowest BCUT2D eigenvalue weighted by atomic mass is 10.5. The first kappa shape index (κ1) is 7.59. The van der Waals surface area contributed by atoms with Gasteiger partial charge >= 0.3 is 0 Å². The van der Waals surface area contributed by atoms with Gasteiger partial charge in [-0.15, -0.1) is 0 Å². The molecule has 1 N–H and O–H groups in total. The minimum absolute atomic E-state index is 0.373. The molecule has 1 heterocycles. The maximum Gasteiger partial charge on any atom is 0.177 e. The number of rotatable bonds is 1. The van der Waals surface area contributed by atoms with Crippen LogP contribution in [0.25, 0.3) is 0 Å². The summed E-state index contributed by atoms with van der Waals surface area (Å²) in [7, 11) is 0. The van der Waals surface area contributed by atoms with E-state index < -0.39 is 0 Å². The molecule has 0 aliphatic heterocycles. The van der Waals surface area contributed by atoms with Gasteiger partial charge in [0, 0.05) is 0 Å². The topological polar surface area (TPSA) is 71.3 Å². The fourth-order valence-electron chi connectivity index (χ4n) is 0.750. The Labute approximate surface area is 63.8 Å². The number of aryl methyl sites for hydroxylation is 2. The van der Waals surface area contributed by atoms with Gasteiger partial charge in [-0.1, -0.05) is 5.16 Å². The molecule has 5 heteroatoms. The molecule has 0 unspecified atom stereocenters. The van der Waals surface area contributed by atoms with Crippen LogP contribution in [0.4, 0.5) is 0 Å². The summed E-state index contributed by atoms with van der Waals surface area (Å²) in [5.41, 5.74) is 0. The first-order chi connectivity index (χ1) is 5.22. The summed E-state index contributed by atoms with van der Waals surface area (Å²) in [5, 5.41) is 11.0. The Hall–Kier alpha value is -1.52. The van der Waals surface area contributed by atoms with Crippen molar-refractivity contribution in [1.29, 1.82) is 0 Å². The van der Waals surface area contributed by atoms with Gasteiger partial charge in [0.05, 0.1) is 0 Å². The molecule has 0 spiro atoms. The van der Waals surface area contributed by atoms with E-state index >= 15 is 0 Å². The maximum atomic E-state index is 8.17. The number of nitrogens with zero attached hydrogens (tertiary/aromatic N) is 4. The highest BCUT2D eigenvalue weighted by molar-refractivity contribution is 5.73. The van der Waals surface area contributed by atoms with Gasteiger partial charge in [0.25, 0.3) is 0 Å². The molecule has 11 heavy (non-hydrogen) atoms. The molecule has 1 aromatic rings. The van der Waals surface area contributed by atoms with Crippen molar-refractivity contribution >= 4 is 6.21 Å². The second-order valence-corrected chi connectivity index (χ2v) is 2.03. The van der Waals surface area contributed by atoms with Crippen molar-refractivity contribution in [2.24, 2.45) is 5.16 Å². The molecule has 1 aromatic heterocycles. The Balaban J connectivity index is 3.08. The Kier molecular flexibility index (Phi) is 2.10. The van der Waals surface area contributed by atoms with Gasteiger partial charge in [-0.2, -0.15) is 0 Å². The second kappa shape index (κ2) is 3.05. The SMILES string of the molecule is Cc1nc(C)nc(C=NO)n1. The number of hydrogen-bond acceptors (Lipinski definition) is 5. The van der Waals surface area contributed by atoms with E-state index in [0.717, 1.165) is 0 Å². The van der Waals surface area contributed by atoms with E-state index in [4.69, 9.17) is 5.21 Å². The summed E-state index contributed by atoms with van der Waals surface area (Å²) < 4.78 is 0. The van der Waals surface area contributed by atoms with Crippen molar-refractivity contribution in [3.63, 3.8) is 0 Å². The van der Waals surface area contributed by atoms with Crippen molar-refractivity contribution in [3.8, 4) is 0 Å². The van der Waals surface area contributed by atoms with Crippen molar-refractivity contribution in [3.05, 3.63) is 17.5 Å².